The quantitative estimate of drug-likeness (QED) is 0.195. The fourth-order valence-electron chi connectivity index (χ4n) is 1.43. The molecule has 17 heavy (non-hydrogen) atoms. The van der Waals surface area contributed by atoms with Gasteiger partial charge >= 0.3 is 5.82 Å². The summed E-state index contributed by atoms with van der Waals surface area (Å²) in [6.07, 6.45) is 11.5. The lowest BCUT2D eigenvalue weighted by atomic mass is 10.3. The maximum atomic E-state index is 8.55. The Balaban J connectivity index is 2.41. The van der Waals surface area contributed by atoms with Gasteiger partial charge < -0.3 is 9.94 Å². The number of hydrogen-bond acceptors (Lipinski definition) is 3. The first-order chi connectivity index (χ1) is 8.29. The molecular weight excluding hydrogens is 218 g/mol. The molecule has 0 radical (unpaired) electrons. The number of unbranched alkanes of at least 4 members (excludes halogenated alkanes) is 1. The van der Waals surface area contributed by atoms with Crippen LogP contribution in [0.3, 0.4) is 0 Å². The molecule has 94 valence electrons. The lowest BCUT2D eigenvalue weighted by Gasteiger charge is -1.99. The average Bonchev–Trinajstić information content (AvgIpc) is 2.66. The molecule has 0 spiro atoms. The first-order valence-corrected chi connectivity index (χ1v) is 5.74. The highest BCUT2D eigenvalue weighted by atomic mass is 16.5. The average molecular weight is 238 g/mol. The number of aryl methyl sites for hydroxylation is 1. The van der Waals surface area contributed by atoms with E-state index in [2.05, 4.69) is 18.2 Å². The minimum absolute atomic E-state index is 0.443. The Bertz CT molecular complexity index is 383. The standard InChI is InChI=1S/C12H19N3O2/c1-3-4-5-6-9-17-11-15-8-7-14(2)12(15)10-13-16/h5-8,10H,3-4,9,11H2,1-2H3/p+1/b6-5+. The number of ether oxygens (including phenoxy) is 1. The van der Waals surface area contributed by atoms with E-state index < -0.39 is 0 Å². The van der Waals surface area contributed by atoms with Crippen LogP contribution < -0.4 is 4.57 Å². The number of allylic oxidation sites excluding steroid dienone is 1. The SMILES string of the molecule is CCC/C=C/COCn1cc[n+](C)c1/C=N\O. The van der Waals surface area contributed by atoms with Crippen molar-refractivity contribution in [3.63, 3.8) is 0 Å². The van der Waals surface area contributed by atoms with Crippen molar-refractivity contribution in [1.82, 2.24) is 4.57 Å². The van der Waals surface area contributed by atoms with Crippen molar-refractivity contribution < 1.29 is 14.5 Å². The number of aromatic nitrogens is 2. The molecule has 0 aliphatic heterocycles. The van der Waals surface area contributed by atoms with Gasteiger partial charge in [0.2, 0.25) is 0 Å². The minimum Gasteiger partial charge on any atom is -0.411 e. The van der Waals surface area contributed by atoms with E-state index in [0.717, 1.165) is 18.7 Å². The maximum Gasteiger partial charge on any atom is 0.305 e. The van der Waals surface area contributed by atoms with Gasteiger partial charge in [0.05, 0.1) is 13.7 Å². The summed E-state index contributed by atoms with van der Waals surface area (Å²) in [6, 6.07) is 0. The zero-order chi connectivity index (χ0) is 12.5. The summed E-state index contributed by atoms with van der Waals surface area (Å²) >= 11 is 0. The van der Waals surface area contributed by atoms with Gasteiger partial charge in [0.1, 0.15) is 12.4 Å². The van der Waals surface area contributed by atoms with Crippen LogP contribution in [0.2, 0.25) is 0 Å². The zero-order valence-electron chi connectivity index (χ0n) is 10.4. The van der Waals surface area contributed by atoms with Gasteiger partial charge in [-0.25, -0.2) is 9.13 Å². The first-order valence-electron chi connectivity index (χ1n) is 5.74. The Morgan fingerprint density at radius 1 is 1.53 bits per heavy atom. The van der Waals surface area contributed by atoms with E-state index in [1.807, 2.05) is 34.7 Å². The molecule has 1 heterocycles. The van der Waals surface area contributed by atoms with E-state index in [9.17, 15) is 0 Å². The second kappa shape index (κ2) is 7.62. The van der Waals surface area contributed by atoms with Crippen LogP contribution in [0.25, 0.3) is 0 Å². The van der Waals surface area contributed by atoms with Gasteiger partial charge in [0, 0.05) is 0 Å². The molecule has 5 nitrogen and oxygen atoms in total. The second-order valence-corrected chi connectivity index (χ2v) is 3.74. The zero-order valence-corrected chi connectivity index (χ0v) is 10.4. The summed E-state index contributed by atoms with van der Waals surface area (Å²) in [5.74, 6) is 0.782. The molecule has 0 bridgehead atoms. The van der Waals surface area contributed by atoms with E-state index in [1.165, 1.54) is 6.21 Å². The number of hydrogen-bond donors (Lipinski definition) is 1. The van der Waals surface area contributed by atoms with Crippen molar-refractivity contribution in [3.05, 3.63) is 30.4 Å². The normalized spacial score (nSPS) is 11.9. The lowest BCUT2D eigenvalue weighted by Crippen LogP contribution is -2.32. The summed E-state index contributed by atoms with van der Waals surface area (Å²) in [5, 5.41) is 11.6. The minimum atomic E-state index is 0.443. The predicted molar refractivity (Wildman–Crippen MR) is 65.0 cm³/mol. The summed E-state index contributed by atoms with van der Waals surface area (Å²) in [6.45, 7) is 3.18. The number of rotatable bonds is 7. The van der Waals surface area contributed by atoms with Crippen LogP contribution in [0, 0.1) is 0 Å². The molecule has 5 heteroatoms. The van der Waals surface area contributed by atoms with Crippen LogP contribution in [-0.2, 0) is 18.5 Å². The van der Waals surface area contributed by atoms with Crippen LogP contribution in [-0.4, -0.2) is 22.6 Å². The van der Waals surface area contributed by atoms with E-state index in [4.69, 9.17) is 9.94 Å². The van der Waals surface area contributed by atoms with Crippen LogP contribution >= 0.6 is 0 Å². The largest absolute Gasteiger partial charge is 0.411 e. The van der Waals surface area contributed by atoms with Crippen LogP contribution in [0.5, 0.6) is 0 Å². The molecule has 0 saturated carbocycles. The lowest BCUT2D eigenvalue weighted by molar-refractivity contribution is -0.672. The Labute approximate surface area is 102 Å². The molecule has 0 saturated heterocycles. The van der Waals surface area contributed by atoms with Crippen molar-refractivity contribution in [2.45, 2.75) is 26.5 Å². The van der Waals surface area contributed by atoms with Gasteiger partial charge in [-0.15, -0.1) is 0 Å². The monoisotopic (exact) mass is 238 g/mol. The van der Waals surface area contributed by atoms with Crippen molar-refractivity contribution >= 4 is 6.21 Å². The molecule has 0 unspecified atom stereocenters. The highest BCUT2D eigenvalue weighted by molar-refractivity contribution is 5.72. The van der Waals surface area contributed by atoms with Gasteiger partial charge in [-0.1, -0.05) is 30.7 Å². The second-order valence-electron chi connectivity index (χ2n) is 3.74. The van der Waals surface area contributed by atoms with E-state index in [-0.39, 0.29) is 0 Å². The van der Waals surface area contributed by atoms with Gasteiger partial charge in [-0.05, 0) is 6.42 Å². The smallest absolute Gasteiger partial charge is 0.305 e. The Kier molecular flexibility index (Phi) is 6.03. The fourth-order valence-corrected chi connectivity index (χ4v) is 1.43. The molecule has 0 fully saturated rings. The molecular formula is C12H20N3O2+. The van der Waals surface area contributed by atoms with Gasteiger partial charge in [0.15, 0.2) is 12.9 Å². The first kappa shape index (κ1) is 13.4. The third-order valence-corrected chi connectivity index (χ3v) is 2.37. The molecule has 0 amide bonds. The Hall–Kier alpha value is -1.62. The molecule has 0 aliphatic carbocycles. The van der Waals surface area contributed by atoms with Crippen molar-refractivity contribution in [1.29, 1.82) is 0 Å². The van der Waals surface area contributed by atoms with Crippen LogP contribution in [0.1, 0.15) is 25.6 Å². The van der Waals surface area contributed by atoms with Crippen LogP contribution in [0.15, 0.2) is 29.7 Å². The molecule has 1 N–H and O–H groups in total. The predicted octanol–water partition coefficient (Wildman–Crippen LogP) is 1.45. The maximum absolute atomic E-state index is 8.55. The van der Waals surface area contributed by atoms with Crippen molar-refractivity contribution in [2.75, 3.05) is 6.61 Å². The summed E-state index contributed by atoms with van der Waals surface area (Å²) in [5.41, 5.74) is 0. The van der Waals surface area contributed by atoms with Crippen molar-refractivity contribution in [3.8, 4) is 0 Å². The van der Waals surface area contributed by atoms with Gasteiger partial charge in [-0.2, -0.15) is 0 Å². The number of oxime groups is 1. The van der Waals surface area contributed by atoms with E-state index in [0.29, 0.717) is 13.3 Å². The molecule has 0 aliphatic rings. The van der Waals surface area contributed by atoms with Gasteiger partial charge in [0.25, 0.3) is 0 Å². The van der Waals surface area contributed by atoms with E-state index in [1.54, 1.807) is 0 Å². The molecule has 0 atom stereocenters. The Morgan fingerprint density at radius 3 is 3.06 bits per heavy atom. The highest BCUT2D eigenvalue weighted by Crippen LogP contribution is 1.94. The number of imidazole rings is 1. The topological polar surface area (TPSA) is 50.6 Å². The Morgan fingerprint density at radius 2 is 2.35 bits per heavy atom. The number of nitrogens with zero attached hydrogens (tertiary/aromatic N) is 3. The summed E-state index contributed by atoms with van der Waals surface area (Å²) in [4.78, 5) is 0. The third-order valence-electron chi connectivity index (χ3n) is 2.37. The van der Waals surface area contributed by atoms with Gasteiger partial charge in [-0.3, -0.25) is 0 Å². The highest BCUT2D eigenvalue weighted by Gasteiger charge is 2.11. The molecule has 1 rings (SSSR count). The van der Waals surface area contributed by atoms with Crippen LogP contribution in [0.4, 0.5) is 0 Å². The fraction of sp³-hybridized carbons (Fsp3) is 0.500. The van der Waals surface area contributed by atoms with Crippen molar-refractivity contribution in [2.24, 2.45) is 12.2 Å². The summed E-state index contributed by atoms with van der Waals surface area (Å²) < 4.78 is 9.21. The molecule has 0 aromatic carbocycles. The molecule has 1 aromatic rings. The third kappa shape index (κ3) is 4.40. The summed E-state index contributed by atoms with van der Waals surface area (Å²) in [7, 11) is 1.88. The van der Waals surface area contributed by atoms with E-state index >= 15 is 0 Å². The molecule has 1 aromatic heterocycles.